The number of rotatable bonds is 5. The summed E-state index contributed by atoms with van der Waals surface area (Å²) in [6.07, 6.45) is 4.05. The van der Waals surface area contributed by atoms with E-state index in [1.165, 1.54) is 19.3 Å². The van der Waals surface area contributed by atoms with Gasteiger partial charge in [0.2, 0.25) is 0 Å². The van der Waals surface area contributed by atoms with E-state index in [1.807, 2.05) is 12.1 Å². The van der Waals surface area contributed by atoms with Gasteiger partial charge in [0, 0.05) is 18.0 Å². The highest BCUT2D eigenvalue weighted by atomic mass is 16.5. The Morgan fingerprint density at radius 2 is 2.16 bits per heavy atom. The van der Waals surface area contributed by atoms with E-state index in [0.717, 1.165) is 35.4 Å². The van der Waals surface area contributed by atoms with Crippen molar-refractivity contribution in [2.24, 2.45) is 0 Å². The number of para-hydroxylation sites is 1. The van der Waals surface area contributed by atoms with E-state index in [0.29, 0.717) is 6.10 Å². The molecule has 1 aromatic heterocycles. The second-order valence-corrected chi connectivity index (χ2v) is 5.08. The molecular weight excluding hydrogens is 236 g/mol. The van der Waals surface area contributed by atoms with Crippen molar-refractivity contribution in [3.8, 4) is 5.75 Å². The molecule has 0 spiro atoms. The molecule has 0 amide bonds. The van der Waals surface area contributed by atoms with Crippen LogP contribution in [-0.4, -0.2) is 17.6 Å². The Labute approximate surface area is 114 Å². The fourth-order valence-electron chi connectivity index (χ4n) is 2.30. The Morgan fingerprint density at radius 1 is 1.32 bits per heavy atom. The first kappa shape index (κ1) is 12.4. The van der Waals surface area contributed by atoms with E-state index < -0.39 is 0 Å². The van der Waals surface area contributed by atoms with E-state index in [-0.39, 0.29) is 0 Å². The summed E-state index contributed by atoms with van der Waals surface area (Å²) in [7, 11) is 0. The van der Waals surface area contributed by atoms with Crippen molar-refractivity contribution in [3.63, 3.8) is 0 Å². The minimum absolute atomic E-state index is 0.401. The lowest BCUT2D eigenvalue weighted by Crippen LogP contribution is -2.24. The zero-order valence-corrected chi connectivity index (χ0v) is 11.4. The third-order valence-electron chi connectivity index (χ3n) is 3.63. The van der Waals surface area contributed by atoms with Gasteiger partial charge in [-0.3, -0.25) is 4.98 Å². The van der Waals surface area contributed by atoms with Crippen molar-refractivity contribution >= 4 is 10.9 Å². The number of pyridine rings is 1. The van der Waals surface area contributed by atoms with Gasteiger partial charge in [0.05, 0.1) is 17.3 Å². The Bertz CT molecular complexity index is 564. The maximum atomic E-state index is 6.12. The topological polar surface area (TPSA) is 34.1 Å². The molecule has 1 heterocycles. The minimum atomic E-state index is 0.401. The summed E-state index contributed by atoms with van der Waals surface area (Å²) < 4.78 is 6.12. The number of hydrogen-bond acceptors (Lipinski definition) is 3. The smallest absolute Gasteiger partial charge is 0.130 e. The molecule has 100 valence electrons. The average molecular weight is 256 g/mol. The monoisotopic (exact) mass is 256 g/mol. The van der Waals surface area contributed by atoms with Crippen LogP contribution >= 0.6 is 0 Å². The molecule has 0 bridgehead atoms. The molecule has 0 saturated heterocycles. The molecule has 1 saturated carbocycles. The van der Waals surface area contributed by atoms with Gasteiger partial charge >= 0.3 is 0 Å². The number of nitrogens with one attached hydrogen (secondary N) is 1. The first-order valence-electron chi connectivity index (χ1n) is 7.13. The lowest BCUT2D eigenvalue weighted by molar-refractivity contribution is 0.122. The van der Waals surface area contributed by atoms with Crippen LogP contribution in [0.15, 0.2) is 30.3 Å². The Kier molecular flexibility index (Phi) is 3.65. The van der Waals surface area contributed by atoms with Crippen LogP contribution in [0, 0.1) is 0 Å². The van der Waals surface area contributed by atoms with Crippen molar-refractivity contribution in [2.45, 2.75) is 38.8 Å². The summed E-state index contributed by atoms with van der Waals surface area (Å²) in [5.41, 5.74) is 2.07. The van der Waals surface area contributed by atoms with E-state index >= 15 is 0 Å². The SMILES string of the molecule is CCNCc1cc(OC2CCC2)c2ccccc2n1. The van der Waals surface area contributed by atoms with Crippen LogP contribution in [0.3, 0.4) is 0 Å². The summed E-state index contributed by atoms with van der Waals surface area (Å²) in [4.78, 5) is 4.68. The van der Waals surface area contributed by atoms with Crippen molar-refractivity contribution < 1.29 is 4.74 Å². The van der Waals surface area contributed by atoms with Gasteiger partial charge in [0.15, 0.2) is 0 Å². The van der Waals surface area contributed by atoms with E-state index in [2.05, 4.69) is 35.4 Å². The van der Waals surface area contributed by atoms with E-state index in [9.17, 15) is 0 Å². The van der Waals surface area contributed by atoms with Gasteiger partial charge in [-0.2, -0.15) is 0 Å². The molecule has 1 aromatic carbocycles. The summed E-state index contributed by atoms with van der Waals surface area (Å²) in [5, 5.41) is 4.44. The second kappa shape index (κ2) is 5.57. The lowest BCUT2D eigenvalue weighted by atomic mass is 9.96. The summed E-state index contributed by atoms with van der Waals surface area (Å²) in [6.45, 7) is 3.85. The molecule has 3 heteroatoms. The highest BCUT2D eigenvalue weighted by Crippen LogP contribution is 2.30. The van der Waals surface area contributed by atoms with Gasteiger partial charge in [0.25, 0.3) is 0 Å². The van der Waals surface area contributed by atoms with Gasteiger partial charge in [-0.15, -0.1) is 0 Å². The van der Waals surface area contributed by atoms with Crippen LogP contribution in [0.1, 0.15) is 31.9 Å². The predicted octanol–water partition coefficient (Wildman–Crippen LogP) is 3.28. The Morgan fingerprint density at radius 3 is 2.89 bits per heavy atom. The molecule has 19 heavy (non-hydrogen) atoms. The van der Waals surface area contributed by atoms with Crippen LogP contribution in [-0.2, 0) is 6.54 Å². The van der Waals surface area contributed by atoms with Gasteiger partial charge in [-0.25, -0.2) is 0 Å². The number of nitrogens with zero attached hydrogens (tertiary/aromatic N) is 1. The predicted molar refractivity (Wildman–Crippen MR) is 77.4 cm³/mol. The largest absolute Gasteiger partial charge is 0.490 e. The third-order valence-corrected chi connectivity index (χ3v) is 3.63. The molecule has 1 aliphatic carbocycles. The van der Waals surface area contributed by atoms with Crippen LogP contribution in [0.5, 0.6) is 5.75 Å². The molecule has 0 unspecified atom stereocenters. The fraction of sp³-hybridized carbons (Fsp3) is 0.438. The quantitative estimate of drug-likeness (QED) is 0.891. The van der Waals surface area contributed by atoms with Crippen LogP contribution in [0.25, 0.3) is 10.9 Å². The number of benzene rings is 1. The molecular formula is C16H20N2O. The number of ether oxygens (including phenoxy) is 1. The van der Waals surface area contributed by atoms with Crippen LogP contribution in [0.4, 0.5) is 0 Å². The lowest BCUT2D eigenvalue weighted by Gasteiger charge is -2.27. The normalized spacial score (nSPS) is 15.4. The third kappa shape index (κ3) is 2.71. The summed E-state index contributed by atoms with van der Waals surface area (Å²) in [6, 6.07) is 10.3. The number of aromatic nitrogens is 1. The maximum Gasteiger partial charge on any atom is 0.130 e. The Hall–Kier alpha value is -1.61. The van der Waals surface area contributed by atoms with Gasteiger partial charge < -0.3 is 10.1 Å². The highest BCUT2D eigenvalue weighted by Gasteiger charge is 2.20. The van der Waals surface area contributed by atoms with Gasteiger partial charge in [0.1, 0.15) is 5.75 Å². The molecule has 1 N–H and O–H groups in total. The maximum absolute atomic E-state index is 6.12. The first-order chi connectivity index (χ1) is 9.36. The van der Waals surface area contributed by atoms with Crippen molar-refractivity contribution in [1.29, 1.82) is 0 Å². The molecule has 0 aliphatic heterocycles. The molecule has 0 radical (unpaired) electrons. The molecule has 3 rings (SSSR count). The molecule has 0 atom stereocenters. The highest BCUT2D eigenvalue weighted by molar-refractivity contribution is 5.85. The molecule has 1 fully saturated rings. The summed E-state index contributed by atoms with van der Waals surface area (Å²) >= 11 is 0. The zero-order valence-electron chi connectivity index (χ0n) is 11.4. The van der Waals surface area contributed by atoms with Crippen molar-refractivity contribution in [3.05, 3.63) is 36.0 Å². The molecule has 2 aromatic rings. The zero-order chi connectivity index (χ0) is 13.1. The Balaban J connectivity index is 1.95. The average Bonchev–Trinajstić information content (AvgIpc) is 2.40. The van der Waals surface area contributed by atoms with Crippen molar-refractivity contribution in [1.82, 2.24) is 10.3 Å². The van der Waals surface area contributed by atoms with E-state index in [4.69, 9.17) is 4.74 Å². The molecule has 3 nitrogen and oxygen atoms in total. The fourth-order valence-corrected chi connectivity index (χ4v) is 2.30. The van der Waals surface area contributed by atoms with Gasteiger partial charge in [-0.05, 0) is 37.9 Å². The van der Waals surface area contributed by atoms with Gasteiger partial charge in [-0.1, -0.05) is 19.1 Å². The molecule has 1 aliphatic rings. The van der Waals surface area contributed by atoms with Crippen molar-refractivity contribution in [2.75, 3.05) is 6.54 Å². The van der Waals surface area contributed by atoms with Crippen LogP contribution in [0.2, 0.25) is 0 Å². The first-order valence-corrected chi connectivity index (χ1v) is 7.13. The number of fused-ring (bicyclic) bond motifs is 1. The minimum Gasteiger partial charge on any atom is -0.490 e. The number of hydrogen-bond donors (Lipinski definition) is 1. The van der Waals surface area contributed by atoms with E-state index in [1.54, 1.807) is 0 Å². The van der Waals surface area contributed by atoms with Crippen LogP contribution < -0.4 is 10.1 Å². The standard InChI is InChI=1S/C16H20N2O/c1-2-17-11-12-10-16(19-13-6-5-7-13)14-8-3-4-9-15(14)18-12/h3-4,8-10,13,17H,2,5-7,11H2,1H3. The summed E-state index contributed by atoms with van der Waals surface area (Å²) in [5.74, 6) is 0.989. The second-order valence-electron chi connectivity index (χ2n) is 5.08.